The minimum Gasteiger partial charge on any atom is -0.462 e. The molecule has 17 nitrogen and oxygen atoms in total. The van der Waals surface area contributed by atoms with Gasteiger partial charge in [-0.1, -0.05) is 303 Å². The summed E-state index contributed by atoms with van der Waals surface area (Å²) in [6.07, 6.45) is 88.5. The first-order valence-electron chi connectivity index (χ1n) is 41.4. The fourth-order valence-corrected chi connectivity index (χ4v) is 12.4. The molecule has 0 aliphatic carbocycles. The molecule has 0 bridgehead atoms. The van der Waals surface area contributed by atoms with Crippen molar-refractivity contribution < 1.29 is 80.2 Å². The summed E-state index contributed by atoms with van der Waals surface area (Å²) in [6, 6.07) is 0. The van der Waals surface area contributed by atoms with Gasteiger partial charge in [0.2, 0.25) is 0 Å². The lowest BCUT2D eigenvalue weighted by atomic mass is 10.0. The second-order valence-electron chi connectivity index (χ2n) is 27.3. The van der Waals surface area contributed by atoms with E-state index >= 15 is 0 Å². The number of phosphoric acid groups is 2. The second-order valence-corrected chi connectivity index (χ2v) is 30.2. The summed E-state index contributed by atoms with van der Waals surface area (Å²) in [4.78, 5) is 73.1. The highest BCUT2D eigenvalue weighted by molar-refractivity contribution is 7.47. The van der Waals surface area contributed by atoms with Crippen molar-refractivity contribution in [3.63, 3.8) is 0 Å². The number of carbonyl (C=O) groups is 4. The molecule has 0 rings (SSSR count). The highest BCUT2D eigenvalue weighted by Gasteiger charge is 2.30. The number of rotatable bonds is 77. The van der Waals surface area contributed by atoms with E-state index < -0.39 is 97.5 Å². The van der Waals surface area contributed by atoms with E-state index in [1.807, 2.05) is 0 Å². The third-order valence-electron chi connectivity index (χ3n) is 17.1. The van der Waals surface area contributed by atoms with Gasteiger partial charge in [-0.05, 0) is 141 Å². The van der Waals surface area contributed by atoms with Gasteiger partial charge in [-0.2, -0.15) is 0 Å². The largest absolute Gasteiger partial charge is 0.472 e. The van der Waals surface area contributed by atoms with E-state index in [2.05, 4.69) is 161 Å². The third-order valence-corrected chi connectivity index (χ3v) is 19.0. The van der Waals surface area contributed by atoms with Crippen molar-refractivity contribution in [2.45, 2.75) is 354 Å². The van der Waals surface area contributed by atoms with E-state index in [1.165, 1.54) is 83.5 Å². The number of ether oxygens (including phenoxy) is 4. The molecule has 0 fully saturated rings. The van der Waals surface area contributed by atoms with Crippen molar-refractivity contribution in [2.24, 2.45) is 0 Å². The predicted molar refractivity (Wildman–Crippen MR) is 436 cm³/mol. The van der Waals surface area contributed by atoms with Crippen LogP contribution in [-0.2, 0) is 65.4 Å². The maximum absolute atomic E-state index is 13.1. The molecule has 5 atom stereocenters. The summed E-state index contributed by atoms with van der Waals surface area (Å²) in [5.74, 6) is -2.25. The number of phosphoric ester groups is 2. The Labute approximate surface area is 644 Å². The predicted octanol–water partition coefficient (Wildman–Crippen LogP) is 24.4. The molecule has 0 spiro atoms. The van der Waals surface area contributed by atoms with E-state index in [-0.39, 0.29) is 25.7 Å². The quantitative estimate of drug-likeness (QED) is 0.0169. The van der Waals surface area contributed by atoms with E-state index in [0.29, 0.717) is 32.1 Å². The Morgan fingerprint density at radius 3 is 0.792 bits per heavy atom. The standard InChI is InChI=1S/C87H148O17P2/c1-5-9-13-17-21-25-29-33-37-39-40-42-46-48-52-56-60-64-68-72-85(90)98-78-83(104-87(92)74-70-66-62-58-54-50-44-36-32-28-24-20-16-12-8-4)80-102-106(95,96)100-76-81(88)75-99-105(93,94)101-79-82(103-86(91)73-69-65-61-57-53-49-43-35-31-27-23-19-15-11-7-3)77-97-84(89)71-67-63-59-55-51-47-45-41-38-34-30-26-22-18-14-10-6-2/h10-11,14-15,21-23,25-27,33-35,37-38,40,42-43,45,47,53,57,81-83,88H,5-9,12-13,16-20,24,28-32,36,39,41,44,46,48-52,54-56,58-80H2,1-4H3,(H,93,94)(H,95,96)/b14-10-,15-11-,25-21-,26-22-,27-23-,37-33-,38-34-,42-40-,43-35-,47-45-,57-53-. The Bertz CT molecular complexity index is 2530. The van der Waals surface area contributed by atoms with Gasteiger partial charge in [0.05, 0.1) is 26.4 Å². The minimum atomic E-state index is -5.00. The Hall–Kier alpha value is -4.80. The molecule has 0 saturated heterocycles. The summed E-state index contributed by atoms with van der Waals surface area (Å²) in [5.41, 5.74) is 0. The fourth-order valence-electron chi connectivity index (χ4n) is 10.9. The molecule has 0 aromatic carbocycles. The van der Waals surface area contributed by atoms with Crippen LogP contribution in [0.15, 0.2) is 134 Å². The zero-order valence-corrected chi connectivity index (χ0v) is 68.4. The molecule has 0 aliphatic heterocycles. The van der Waals surface area contributed by atoms with E-state index in [1.54, 1.807) is 0 Å². The molecule has 0 saturated carbocycles. The zero-order valence-electron chi connectivity index (χ0n) is 66.6. The van der Waals surface area contributed by atoms with Gasteiger partial charge >= 0.3 is 39.5 Å². The monoisotopic (exact) mass is 1530 g/mol. The van der Waals surface area contributed by atoms with E-state index in [9.17, 15) is 43.2 Å². The molecule has 106 heavy (non-hydrogen) atoms. The van der Waals surface area contributed by atoms with Crippen LogP contribution in [0, 0.1) is 0 Å². The van der Waals surface area contributed by atoms with Gasteiger partial charge in [0.25, 0.3) is 0 Å². The highest BCUT2D eigenvalue weighted by atomic mass is 31.2. The molecule has 0 aliphatic rings. The average molecular weight is 1530 g/mol. The highest BCUT2D eigenvalue weighted by Crippen LogP contribution is 2.45. The number of carbonyl (C=O) groups excluding carboxylic acids is 4. The van der Waals surface area contributed by atoms with Crippen molar-refractivity contribution in [3.05, 3.63) is 134 Å². The maximum atomic E-state index is 13.1. The maximum Gasteiger partial charge on any atom is 0.472 e. The lowest BCUT2D eigenvalue weighted by Gasteiger charge is -2.21. The molecule has 19 heteroatoms. The molecule has 0 aromatic heterocycles. The van der Waals surface area contributed by atoms with Crippen molar-refractivity contribution >= 4 is 39.5 Å². The van der Waals surface area contributed by atoms with Gasteiger partial charge in [0.15, 0.2) is 12.2 Å². The number of esters is 4. The first-order chi connectivity index (χ1) is 51.7. The van der Waals surface area contributed by atoms with Crippen molar-refractivity contribution in [1.82, 2.24) is 0 Å². The number of hydrogen-bond acceptors (Lipinski definition) is 15. The van der Waals surface area contributed by atoms with E-state index in [0.717, 1.165) is 167 Å². The van der Waals surface area contributed by atoms with Crippen molar-refractivity contribution in [1.29, 1.82) is 0 Å². The van der Waals surface area contributed by atoms with Gasteiger partial charge < -0.3 is 33.8 Å². The Kier molecular flexibility index (Phi) is 74.8. The third kappa shape index (κ3) is 77.4. The van der Waals surface area contributed by atoms with Crippen molar-refractivity contribution in [2.75, 3.05) is 39.6 Å². The fraction of sp³-hybridized carbons (Fsp3) is 0.701. The second kappa shape index (κ2) is 78.3. The average Bonchev–Trinajstić information content (AvgIpc) is 0.928. The van der Waals surface area contributed by atoms with Crippen LogP contribution in [0.3, 0.4) is 0 Å². The minimum absolute atomic E-state index is 0.0339. The lowest BCUT2D eigenvalue weighted by molar-refractivity contribution is -0.161. The molecule has 3 N–H and O–H groups in total. The van der Waals surface area contributed by atoms with Crippen molar-refractivity contribution in [3.8, 4) is 0 Å². The summed E-state index contributed by atoms with van der Waals surface area (Å²) >= 11 is 0. The molecule has 0 heterocycles. The molecule has 0 amide bonds. The molecule has 0 radical (unpaired) electrons. The number of aliphatic hydroxyl groups excluding tert-OH is 1. The first-order valence-corrected chi connectivity index (χ1v) is 44.4. The first kappa shape index (κ1) is 101. The molecular formula is C87H148O17P2. The molecule has 5 unspecified atom stereocenters. The smallest absolute Gasteiger partial charge is 0.462 e. The number of aliphatic hydroxyl groups is 1. The van der Waals surface area contributed by atoms with Crippen LogP contribution >= 0.6 is 15.6 Å². The van der Waals surface area contributed by atoms with E-state index in [4.69, 9.17) is 37.0 Å². The van der Waals surface area contributed by atoms with Crippen LogP contribution in [-0.4, -0.2) is 96.7 Å². The van der Waals surface area contributed by atoms with Gasteiger partial charge in [0, 0.05) is 25.7 Å². The Morgan fingerprint density at radius 1 is 0.274 bits per heavy atom. The Morgan fingerprint density at radius 2 is 0.491 bits per heavy atom. The molecule has 608 valence electrons. The van der Waals surface area contributed by atoms with Crippen LogP contribution in [0.4, 0.5) is 0 Å². The summed E-state index contributed by atoms with van der Waals surface area (Å²) < 4.78 is 68.7. The lowest BCUT2D eigenvalue weighted by Crippen LogP contribution is -2.30. The van der Waals surface area contributed by atoms with Gasteiger partial charge in [0.1, 0.15) is 19.3 Å². The summed E-state index contributed by atoms with van der Waals surface area (Å²) in [5, 5.41) is 10.7. The summed E-state index contributed by atoms with van der Waals surface area (Å²) in [7, 11) is -9.99. The Balaban J connectivity index is 5.42. The van der Waals surface area contributed by atoms with Gasteiger partial charge in [-0.15, -0.1) is 0 Å². The summed E-state index contributed by atoms with van der Waals surface area (Å²) in [6.45, 7) is 4.57. The van der Waals surface area contributed by atoms with Crippen LogP contribution in [0.25, 0.3) is 0 Å². The van der Waals surface area contributed by atoms with Crippen LogP contribution in [0.2, 0.25) is 0 Å². The number of hydrogen-bond donors (Lipinski definition) is 3. The molecular weight excluding hydrogens is 1380 g/mol. The van der Waals surface area contributed by atoms with Crippen LogP contribution < -0.4 is 0 Å². The van der Waals surface area contributed by atoms with Gasteiger partial charge in [-0.25, -0.2) is 9.13 Å². The van der Waals surface area contributed by atoms with Crippen LogP contribution in [0.5, 0.6) is 0 Å². The number of allylic oxidation sites excluding steroid dienone is 22. The molecule has 0 aromatic rings. The van der Waals surface area contributed by atoms with Crippen LogP contribution in [0.1, 0.15) is 336 Å². The zero-order chi connectivity index (χ0) is 77.4. The normalized spacial score (nSPS) is 14.5. The topological polar surface area (TPSA) is 237 Å². The van der Waals surface area contributed by atoms with Gasteiger partial charge in [-0.3, -0.25) is 37.3 Å². The number of unbranched alkanes of at least 4 members (excludes halogenated alkanes) is 29. The SMILES string of the molecule is CC/C=C\C/C=C\C/C=C\C/C=C\CCCCCCC(=O)OCC(COP(=O)(O)OCC(O)COP(=O)(O)OCC(COC(=O)CCCCCCCC/C=C\C/C=C\C/C=C\CCCCC)OC(=O)CCCCCCCCCCCCCCCCC)OC(=O)CCCC/C=C\C/C=C\C/C=C\C/C=C\CC.